The van der Waals surface area contributed by atoms with E-state index in [0.29, 0.717) is 18.9 Å². The quantitative estimate of drug-likeness (QED) is 0.763. The molecule has 0 aromatic carbocycles. The molecule has 2 amide bonds. The summed E-state index contributed by atoms with van der Waals surface area (Å²) < 4.78 is 4.78. The molecule has 2 heterocycles. The van der Waals surface area contributed by atoms with Gasteiger partial charge in [0.25, 0.3) is 0 Å². The Morgan fingerprint density at radius 2 is 2.28 bits per heavy atom. The summed E-state index contributed by atoms with van der Waals surface area (Å²) in [6.07, 6.45) is -0.188. The summed E-state index contributed by atoms with van der Waals surface area (Å²) in [5.41, 5.74) is 0.724. The maximum atomic E-state index is 12.3. The highest BCUT2D eigenvalue weighted by Gasteiger charge is 2.42. The largest absolute Gasteiger partial charge is 0.447 e. The van der Waals surface area contributed by atoms with Crippen molar-refractivity contribution in [1.29, 1.82) is 0 Å². The third-order valence-corrected chi connectivity index (χ3v) is 3.07. The number of nitrogens with zero attached hydrogens (tertiary/aromatic N) is 2. The van der Waals surface area contributed by atoms with Crippen LogP contribution in [0, 0.1) is 11.8 Å². The zero-order chi connectivity index (χ0) is 13.3. The Bertz CT molecular complexity index is 392. The SMILES string of the molecule is CC(C)CC1=NO[C@H](C)[C@H]1C(=O)N1CCOC1=O. The Kier molecular flexibility index (Phi) is 3.54. The minimum absolute atomic E-state index is 0.262. The van der Waals surface area contributed by atoms with Crippen molar-refractivity contribution in [3.8, 4) is 0 Å². The first-order valence-corrected chi connectivity index (χ1v) is 6.21. The van der Waals surface area contributed by atoms with E-state index in [1.807, 2.05) is 0 Å². The summed E-state index contributed by atoms with van der Waals surface area (Å²) in [7, 11) is 0. The molecule has 1 saturated heterocycles. The van der Waals surface area contributed by atoms with Gasteiger partial charge in [-0.15, -0.1) is 0 Å². The van der Waals surface area contributed by atoms with Crippen LogP contribution in [0.25, 0.3) is 0 Å². The highest BCUT2D eigenvalue weighted by molar-refractivity contribution is 6.09. The summed E-state index contributed by atoms with van der Waals surface area (Å²) in [5.74, 6) is -0.335. The maximum absolute atomic E-state index is 12.3. The molecule has 0 aromatic rings. The molecular formula is C12H18N2O4. The second kappa shape index (κ2) is 4.96. The molecule has 2 aliphatic rings. The first-order chi connectivity index (χ1) is 8.50. The van der Waals surface area contributed by atoms with E-state index in [1.165, 1.54) is 0 Å². The van der Waals surface area contributed by atoms with Crippen molar-refractivity contribution in [3.05, 3.63) is 0 Å². The molecule has 6 nitrogen and oxygen atoms in total. The van der Waals surface area contributed by atoms with Gasteiger partial charge >= 0.3 is 6.09 Å². The highest BCUT2D eigenvalue weighted by atomic mass is 16.6. The number of oxime groups is 1. The molecule has 1 fully saturated rings. The standard InChI is InChI=1S/C12H18N2O4/c1-7(2)6-9-10(8(3)18-13-9)11(15)14-4-5-17-12(14)16/h7-8,10H,4-6H2,1-3H3/t8-,10-/m1/s1. The summed E-state index contributed by atoms with van der Waals surface area (Å²) in [5, 5.41) is 3.97. The second-order valence-electron chi connectivity index (χ2n) is 5.07. The molecule has 2 rings (SSSR count). The minimum Gasteiger partial charge on any atom is -0.447 e. The average molecular weight is 254 g/mol. The lowest BCUT2D eigenvalue weighted by Crippen LogP contribution is -2.42. The number of carbonyl (C=O) groups is 2. The van der Waals surface area contributed by atoms with Gasteiger partial charge in [-0.25, -0.2) is 9.69 Å². The molecule has 0 aromatic heterocycles. The number of imide groups is 1. The second-order valence-corrected chi connectivity index (χ2v) is 5.07. The van der Waals surface area contributed by atoms with Gasteiger partial charge in [0.2, 0.25) is 5.91 Å². The highest BCUT2D eigenvalue weighted by Crippen LogP contribution is 2.25. The van der Waals surface area contributed by atoms with Gasteiger partial charge < -0.3 is 9.57 Å². The fraction of sp³-hybridized carbons (Fsp3) is 0.750. The van der Waals surface area contributed by atoms with Crippen LogP contribution in [0.5, 0.6) is 0 Å². The third kappa shape index (κ3) is 2.32. The lowest BCUT2D eigenvalue weighted by Gasteiger charge is -2.19. The van der Waals surface area contributed by atoms with Crippen molar-refractivity contribution in [2.24, 2.45) is 17.0 Å². The summed E-state index contributed by atoms with van der Waals surface area (Å²) >= 11 is 0. The van der Waals surface area contributed by atoms with E-state index in [1.54, 1.807) is 6.92 Å². The molecule has 0 N–H and O–H groups in total. The van der Waals surface area contributed by atoms with Gasteiger partial charge in [0, 0.05) is 0 Å². The molecule has 2 aliphatic heterocycles. The minimum atomic E-state index is -0.567. The van der Waals surface area contributed by atoms with Gasteiger partial charge in [-0.05, 0) is 19.3 Å². The van der Waals surface area contributed by atoms with Crippen molar-refractivity contribution < 1.29 is 19.2 Å². The fourth-order valence-corrected chi connectivity index (χ4v) is 2.23. The first-order valence-electron chi connectivity index (χ1n) is 6.21. The van der Waals surface area contributed by atoms with Crippen LogP contribution >= 0.6 is 0 Å². The lowest BCUT2D eigenvalue weighted by atomic mass is 9.91. The molecule has 2 atom stereocenters. The predicted octanol–water partition coefficient (Wildman–Crippen LogP) is 1.40. The molecule has 18 heavy (non-hydrogen) atoms. The fourth-order valence-electron chi connectivity index (χ4n) is 2.23. The van der Waals surface area contributed by atoms with Crippen LogP contribution in [-0.2, 0) is 14.4 Å². The molecule has 0 unspecified atom stereocenters. The summed E-state index contributed by atoms with van der Waals surface area (Å²) in [6, 6.07) is 0. The Labute approximate surface area is 106 Å². The van der Waals surface area contributed by atoms with Crippen molar-refractivity contribution in [3.63, 3.8) is 0 Å². The van der Waals surface area contributed by atoms with E-state index < -0.39 is 12.0 Å². The zero-order valence-corrected chi connectivity index (χ0v) is 10.9. The van der Waals surface area contributed by atoms with E-state index in [0.717, 1.165) is 10.6 Å². The number of rotatable bonds is 3. The maximum Gasteiger partial charge on any atom is 0.416 e. The van der Waals surface area contributed by atoms with Gasteiger partial charge in [-0.2, -0.15) is 0 Å². The number of cyclic esters (lactones) is 1. The van der Waals surface area contributed by atoms with Crippen molar-refractivity contribution in [2.75, 3.05) is 13.2 Å². The first kappa shape index (κ1) is 12.9. The normalized spacial score (nSPS) is 27.2. The van der Waals surface area contributed by atoms with Crippen molar-refractivity contribution >= 4 is 17.7 Å². The molecule has 0 bridgehead atoms. The van der Waals surface area contributed by atoms with E-state index in [-0.39, 0.29) is 18.6 Å². The number of hydrogen-bond acceptors (Lipinski definition) is 5. The van der Waals surface area contributed by atoms with Gasteiger partial charge in [0.1, 0.15) is 18.6 Å². The molecule has 0 radical (unpaired) electrons. The van der Waals surface area contributed by atoms with Crippen LogP contribution in [0.4, 0.5) is 4.79 Å². The molecule has 0 aliphatic carbocycles. The van der Waals surface area contributed by atoms with Gasteiger partial charge in [-0.1, -0.05) is 19.0 Å². The Morgan fingerprint density at radius 3 is 2.83 bits per heavy atom. The Morgan fingerprint density at radius 1 is 1.56 bits per heavy atom. The Hall–Kier alpha value is -1.59. The average Bonchev–Trinajstić information content (AvgIpc) is 2.84. The zero-order valence-electron chi connectivity index (χ0n) is 10.9. The monoisotopic (exact) mass is 254 g/mol. The van der Waals surface area contributed by atoms with Crippen LogP contribution in [0.15, 0.2) is 5.16 Å². The van der Waals surface area contributed by atoms with E-state index in [4.69, 9.17) is 9.57 Å². The van der Waals surface area contributed by atoms with E-state index in [9.17, 15) is 9.59 Å². The van der Waals surface area contributed by atoms with Crippen LogP contribution in [0.3, 0.4) is 0 Å². The summed E-state index contributed by atoms with van der Waals surface area (Å²) in [4.78, 5) is 30.1. The molecule has 0 saturated carbocycles. The summed E-state index contributed by atoms with van der Waals surface area (Å²) in [6.45, 7) is 6.48. The van der Waals surface area contributed by atoms with Gasteiger partial charge in [0.15, 0.2) is 0 Å². The van der Waals surface area contributed by atoms with Crippen LogP contribution in [0.1, 0.15) is 27.2 Å². The number of amides is 2. The molecular weight excluding hydrogens is 236 g/mol. The smallest absolute Gasteiger partial charge is 0.416 e. The van der Waals surface area contributed by atoms with Crippen LogP contribution < -0.4 is 0 Å². The van der Waals surface area contributed by atoms with Crippen molar-refractivity contribution in [1.82, 2.24) is 4.90 Å². The molecule has 100 valence electrons. The van der Waals surface area contributed by atoms with Crippen LogP contribution in [0.2, 0.25) is 0 Å². The molecule has 0 spiro atoms. The Balaban J connectivity index is 2.12. The topological polar surface area (TPSA) is 68.2 Å². The predicted molar refractivity (Wildman–Crippen MR) is 64.0 cm³/mol. The van der Waals surface area contributed by atoms with Gasteiger partial charge in [0.05, 0.1) is 12.3 Å². The van der Waals surface area contributed by atoms with Crippen molar-refractivity contribution in [2.45, 2.75) is 33.3 Å². The molecule has 6 heteroatoms. The van der Waals surface area contributed by atoms with Crippen LogP contribution in [-0.4, -0.2) is 41.9 Å². The van der Waals surface area contributed by atoms with E-state index in [2.05, 4.69) is 19.0 Å². The lowest BCUT2D eigenvalue weighted by molar-refractivity contribution is -0.132. The number of carbonyl (C=O) groups excluding carboxylic acids is 2. The van der Waals surface area contributed by atoms with Gasteiger partial charge in [-0.3, -0.25) is 4.79 Å². The van der Waals surface area contributed by atoms with E-state index >= 15 is 0 Å². The number of hydrogen-bond donors (Lipinski definition) is 0. The number of ether oxygens (including phenoxy) is 1. The third-order valence-electron chi connectivity index (χ3n) is 3.07.